The molecule has 0 bridgehead atoms. The summed E-state index contributed by atoms with van der Waals surface area (Å²) in [6.45, 7) is 10.5. The number of hydrogen-bond donors (Lipinski definition) is 1. The van der Waals surface area contributed by atoms with Crippen molar-refractivity contribution in [2.75, 3.05) is 14.1 Å². The van der Waals surface area contributed by atoms with Crippen LogP contribution >= 0.6 is 0 Å². The first kappa shape index (κ1) is 27.7. The third-order valence-corrected chi connectivity index (χ3v) is 2.83. The van der Waals surface area contributed by atoms with Crippen LogP contribution in [0.25, 0.3) is 5.32 Å². The monoisotopic (exact) mass is 379 g/mol. The maximum Gasteiger partial charge on any atom is 1.00 e. The fourth-order valence-electron chi connectivity index (χ4n) is 0.852. The van der Waals surface area contributed by atoms with Gasteiger partial charge in [0, 0.05) is 35.4 Å². The molecule has 1 radical (unpaired) electrons. The molecule has 6 heteroatoms. The molecule has 125 valence electrons. The molecule has 4 nitrogen and oxygen atoms in total. The normalized spacial score (nSPS) is 12.5. The van der Waals surface area contributed by atoms with Gasteiger partial charge in [-0.3, -0.25) is 9.79 Å². The van der Waals surface area contributed by atoms with Gasteiger partial charge < -0.3 is 10.4 Å². The summed E-state index contributed by atoms with van der Waals surface area (Å²) in [6, 6.07) is 0. The number of carbonyl (C=O) groups is 1. The Morgan fingerprint density at radius 3 is 1.55 bits per heavy atom. The van der Waals surface area contributed by atoms with E-state index in [1.165, 1.54) is 19.4 Å². The van der Waals surface area contributed by atoms with Crippen LogP contribution in [0.3, 0.4) is 0 Å². The second-order valence-electron chi connectivity index (χ2n) is 4.01. The van der Waals surface area contributed by atoms with Gasteiger partial charge in [-0.1, -0.05) is 6.92 Å². The molecule has 0 amide bonds. The van der Waals surface area contributed by atoms with Gasteiger partial charge in [0.2, 0.25) is 0 Å². The van der Waals surface area contributed by atoms with E-state index in [0.717, 1.165) is 11.4 Å². The maximum absolute atomic E-state index is 10.4. The molecular weight excluding hydrogens is 355 g/mol. The van der Waals surface area contributed by atoms with E-state index in [1.54, 1.807) is 21.0 Å². The number of aliphatic hydroxyl groups is 1. The molecule has 0 spiro atoms. The van der Waals surface area contributed by atoms with Gasteiger partial charge in [0.25, 0.3) is 0 Å². The van der Waals surface area contributed by atoms with E-state index in [4.69, 9.17) is 5.11 Å². The average molecular weight is 380 g/mol. The van der Waals surface area contributed by atoms with Crippen LogP contribution in [0, 0.1) is 0 Å². The second kappa shape index (κ2) is 14.9. The Morgan fingerprint density at radius 2 is 1.40 bits per heavy atom. The van der Waals surface area contributed by atoms with Crippen LogP contribution in [-0.2, 0) is 38.9 Å². The van der Waals surface area contributed by atoms with Crippen molar-refractivity contribution in [1.82, 2.24) is 0 Å². The van der Waals surface area contributed by atoms with Crippen molar-refractivity contribution < 1.29 is 44.0 Å². The number of hydrogen-bond acceptors (Lipinski definition) is 3. The van der Waals surface area contributed by atoms with E-state index in [2.05, 4.69) is 10.3 Å². The number of Topliss-reactive ketones (excluding diaryl/α,β-unsaturated/α-hetero) is 1. The van der Waals surface area contributed by atoms with E-state index in [-0.39, 0.29) is 45.7 Å². The molecular formula is C14H25Cu2N2O2. The molecule has 1 N–H and O–H groups in total. The van der Waals surface area contributed by atoms with Gasteiger partial charge in [0.15, 0.2) is 5.78 Å². The van der Waals surface area contributed by atoms with Gasteiger partial charge in [-0.05, 0) is 40.2 Å². The maximum atomic E-state index is 10.4. The van der Waals surface area contributed by atoms with E-state index in [9.17, 15) is 4.79 Å². The van der Waals surface area contributed by atoms with Crippen molar-refractivity contribution in [1.29, 1.82) is 0 Å². The fraction of sp³-hybridized carbons (Fsp3) is 0.571. The molecule has 0 rings (SSSR count). The van der Waals surface area contributed by atoms with Crippen LogP contribution in [0.1, 0.15) is 41.5 Å². The molecule has 0 aromatic rings. The Bertz CT molecular complexity index is 383. The van der Waals surface area contributed by atoms with Crippen LogP contribution in [-0.4, -0.2) is 30.7 Å². The summed E-state index contributed by atoms with van der Waals surface area (Å²) in [5.74, 6) is 0.0301. The topological polar surface area (TPSA) is 63.8 Å². The quantitative estimate of drug-likeness (QED) is 0.350. The minimum absolute atomic E-state index is 0. The van der Waals surface area contributed by atoms with Gasteiger partial charge in [-0.15, -0.1) is 7.05 Å². The number of allylic oxidation sites excluding steroid dienone is 4. The van der Waals surface area contributed by atoms with E-state index in [0.29, 0.717) is 5.57 Å². The molecule has 20 heavy (non-hydrogen) atoms. The first-order valence-electron chi connectivity index (χ1n) is 5.77. The summed E-state index contributed by atoms with van der Waals surface area (Å²) in [4.78, 5) is 14.4. The summed E-state index contributed by atoms with van der Waals surface area (Å²) in [6.07, 6.45) is 0. The van der Waals surface area contributed by atoms with Crippen molar-refractivity contribution >= 4 is 11.5 Å². The third-order valence-electron chi connectivity index (χ3n) is 2.83. The summed E-state index contributed by atoms with van der Waals surface area (Å²) in [5.41, 5.74) is 3.72. The van der Waals surface area contributed by atoms with E-state index in [1.807, 2.05) is 20.8 Å². The zero-order valence-electron chi connectivity index (χ0n) is 13.4. The Hall–Kier alpha value is -0.541. The van der Waals surface area contributed by atoms with E-state index < -0.39 is 0 Å². The van der Waals surface area contributed by atoms with Crippen LogP contribution in [0.4, 0.5) is 0 Å². The third kappa shape index (κ3) is 12.5. The van der Waals surface area contributed by atoms with Crippen LogP contribution in [0.5, 0.6) is 0 Å². The molecule has 0 aliphatic rings. The number of aliphatic imine (C=N–C) groups is 1. The SMILES string of the molecule is CC(=O)C(C)=C(C)O.CN=C(C)C(C)=C(C)[N-]C.[Cu+].[Cu]. The van der Waals surface area contributed by atoms with Gasteiger partial charge in [-0.25, -0.2) is 0 Å². The minimum atomic E-state index is -0.0787. The smallest absolute Gasteiger partial charge is 0.690 e. The fourth-order valence-corrected chi connectivity index (χ4v) is 0.852. The molecule has 0 aromatic carbocycles. The number of carbonyl (C=O) groups excluding carboxylic acids is 1. The summed E-state index contributed by atoms with van der Waals surface area (Å²) in [7, 11) is 3.59. The molecule has 0 saturated carbocycles. The summed E-state index contributed by atoms with van der Waals surface area (Å²) in [5, 5.41) is 12.7. The first-order chi connectivity index (χ1) is 8.18. The van der Waals surface area contributed by atoms with Crippen molar-refractivity contribution in [2.24, 2.45) is 4.99 Å². The molecule has 0 saturated heterocycles. The molecule has 0 aliphatic carbocycles. The predicted molar refractivity (Wildman–Crippen MR) is 78.4 cm³/mol. The standard InChI is InChI=1S/C8H15N2.C6H10O2.2Cu/c1-6(7(2)9-4)8(3)10-5;1-4(5(2)7)6(3)8;;/h1-5H3;7H,1-3H3;;/q-1;;;+1. The van der Waals surface area contributed by atoms with Gasteiger partial charge >= 0.3 is 17.1 Å². The van der Waals surface area contributed by atoms with Gasteiger partial charge in [0.05, 0.1) is 5.76 Å². The van der Waals surface area contributed by atoms with Crippen molar-refractivity contribution in [2.45, 2.75) is 41.5 Å². The number of ketones is 1. The first-order valence-corrected chi connectivity index (χ1v) is 5.77. The van der Waals surface area contributed by atoms with Gasteiger partial charge in [-0.2, -0.15) is 5.70 Å². The number of aliphatic hydroxyl groups excluding tert-OH is 1. The average Bonchev–Trinajstić information content (AvgIpc) is 2.35. The zero-order chi connectivity index (χ0) is 14.9. The predicted octanol–water partition coefficient (Wildman–Crippen LogP) is 3.80. The molecule has 0 aliphatic heterocycles. The van der Waals surface area contributed by atoms with Gasteiger partial charge in [0.1, 0.15) is 0 Å². The largest absolute Gasteiger partial charge is 1.00 e. The van der Waals surface area contributed by atoms with Crippen LogP contribution < -0.4 is 0 Å². The van der Waals surface area contributed by atoms with Crippen molar-refractivity contribution in [3.05, 3.63) is 27.9 Å². The Labute approximate surface area is 144 Å². The number of rotatable bonds is 3. The van der Waals surface area contributed by atoms with Crippen LogP contribution in [0.2, 0.25) is 0 Å². The Morgan fingerprint density at radius 1 is 1.00 bits per heavy atom. The summed E-state index contributed by atoms with van der Waals surface area (Å²) >= 11 is 0. The summed E-state index contributed by atoms with van der Waals surface area (Å²) < 4.78 is 0. The molecule has 0 fully saturated rings. The zero-order valence-corrected chi connectivity index (χ0v) is 15.2. The Balaban J connectivity index is -0.000000119. The van der Waals surface area contributed by atoms with Crippen molar-refractivity contribution in [3.63, 3.8) is 0 Å². The Kier molecular flexibility index (Phi) is 20.6. The molecule has 0 aromatic heterocycles. The minimum Gasteiger partial charge on any atom is -0.690 e. The van der Waals surface area contributed by atoms with E-state index >= 15 is 0 Å². The molecule has 0 heterocycles. The van der Waals surface area contributed by atoms with Crippen LogP contribution in [0.15, 0.2) is 27.6 Å². The number of nitrogens with zero attached hydrogens (tertiary/aromatic N) is 2. The molecule has 0 atom stereocenters. The second-order valence-corrected chi connectivity index (χ2v) is 4.01. The molecule has 0 unspecified atom stereocenters. The van der Waals surface area contributed by atoms with Crippen molar-refractivity contribution in [3.8, 4) is 0 Å².